The van der Waals surface area contributed by atoms with Crippen molar-refractivity contribution in [3.8, 4) is 0 Å². The summed E-state index contributed by atoms with van der Waals surface area (Å²) >= 11 is 0. The lowest BCUT2D eigenvalue weighted by molar-refractivity contribution is 0.472. The maximum Gasteiger partial charge on any atom is 0.191 e. The Balaban J connectivity index is 0.00000288. The molecule has 0 fully saturated rings. The number of hydrogen-bond acceptors (Lipinski definition) is 1. The van der Waals surface area contributed by atoms with Crippen LogP contribution in [0.5, 0.6) is 0 Å². The summed E-state index contributed by atoms with van der Waals surface area (Å²) in [6, 6.07) is 10.9. The molecule has 1 heterocycles. The molecule has 0 saturated carbocycles. The zero-order chi connectivity index (χ0) is 16.7. The molecule has 0 aliphatic carbocycles. The van der Waals surface area contributed by atoms with Crippen LogP contribution in [-0.2, 0) is 12.0 Å². The van der Waals surface area contributed by atoms with E-state index in [0.717, 1.165) is 19.0 Å². The Labute approximate surface area is 160 Å². The van der Waals surface area contributed by atoms with Crippen LogP contribution in [0.3, 0.4) is 0 Å². The van der Waals surface area contributed by atoms with Gasteiger partial charge < -0.3 is 15.2 Å². The Hall–Kier alpha value is -1.57. The summed E-state index contributed by atoms with van der Waals surface area (Å²) in [6.07, 6.45) is 4.05. The first-order valence-electron chi connectivity index (χ1n) is 7.83. The van der Waals surface area contributed by atoms with Crippen molar-refractivity contribution in [1.82, 2.24) is 15.2 Å². The van der Waals surface area contributed by atoms with Crippen LogP contribution in [0.15, 0.2) is 53.8 Å². The second kappa shape index (κ2) is 9.66. The van der Waals surface area contributed by atoms with Crippen molar-refractivity contribution >= 4 is 29.9 Å². The lowest BCUT2D eigenvalue weighted by Crippen LogP contribution is -2.44. The Kier molecular flexibility index (Phi) is 8.24. The van der Waals surface area contributed by atoms with Gasteiger partial charge in [-0.1, -0.05) is 32.0 Å². The smallest absolute Gasteiger partial charge is 0.191 e. The second-order valence-electron chi connectivity index (χ2n) is 6.14. The van der Waals surface area contributed by atoms with Gasteiger partial charge >= 0.3 is 0 Å². The van der Waals surface area contributed by atoms with E-state index in [9.17, 15) is 4.39 Å². The van der Waals surface area contributed by atoms with Gasteiger partial charge in [-0.2, -0.15) is 0 Å². The molecule has 2 rings (SSSR count). The quantitative estimate of drug-likeness (QED) is 0.408. The van der Waals surface area contributed by atoms with Crippen LogP contribution in [-0.4, -0.2) is 30.7 Å². The van der Waals surface area contributed by atoms with Crippen LogP contribution in [0.1, 0.15) is 19.4 Å². The van der Waals surface area contributed by atoms with E-state index in [-0.39, 0.29) is 35.2 Å². The predicted octanol–water partition coefficient (Wildman–Crippen LogP) is 3.39. The standard InChI is InChI=1S/C18H25FN4.HI/c1-18(2,15-8-4-5-9-16(15)19)14-22-17(20-3)21-10-13-23-11-6-7-12-23;/h4-9,11-12H,10,13-14H2,1-3H3,(H2,20,21,22);1H. The second-order valence-corrected chi connectivity index (χ2v) is 6.14. The topological polar surface area (TPSA) is 41.4 Å². The van der Waals surface area contributed by atoms with Crippen molar-refractivity contribution in [2.24, 2.45) is 4.99 Å². The predicted molar refractivity (Wildman–Crippen MR) is 109 cm³/mol. The van der Waals surface area contributed by atoms with E-state index in [1.807, 2.05) is 50.5 Å². The van der Waals surface area contributed by atoms with Gasteiger partial charge in [-0.15, -0.1) is 24.0 Å². The summed E-state index contributed by atoms with van der Waals surface area (Å²) in [4.78, 5) is 4.22. The van der Waals surface area contributed by atoms with Crippen molar-refractivity contribution in [3.63, 3.8) is 0 Å². The number of nitrogens with one attached hydrogen (secondary N) is 2. The Morgan fingerprint density at radius 2 is 1.79 bits per heavy atom. The molecule has 0 aliphatic rings. The van der Waals surface area contributed by atoms with E-state index < -0.39 is 0 Å². The normalized spacial score (nSPS) is 11.8. The minimum Gasteiger partial charge on any atom is -0.356 e. The maximum atomic E-state index is 14.0. The van der Waals surface area contributed by atoms with Gasteiger partial charge in [0.15, 0.2) is 5.96 Å². The molecule has 2 N–H and O–H groups in total. The number of rotatable bonds is 6. The third-order valence-electron chi connectivity index (χ3n) is 3.85. The van der Waals surface area contributed by atoms with Gasteiger partial charge in [-0.3, -0.25) is 4.99 Å². The number of benzene rings is 1. The SMILES string of the molecule is CN=C(NCCn1cccc1)NCC(C)(C)c1ccccc1F.I. The minimum absolute atomic E-state index is 0. The van der Waals surface area contributed by atoms with Crippen LogP contribution in [0.25, 0.3) is 0 Å². The van der Waals surface area contributed by atoms with E-state index in [1.165, 1.54) is 6.07 Å². The number of aromatic nitrogens is 1. The number of halogens is 2. The van der Waals surface area contributed by atoms with Gasteiger partial charge in [-0.25, -0.2) is 4.39 Å². The lowest BCUT2D eigenvalue weighted by Gasteiger charge is -2.27. The fourth-order valence-corrected chi connectivity index (χ4v) is 2.45. The van der Waals surface area contributed by atoms with Gasteiger partial charge in [0.25, 0.3) is 0 Å². The number of aliphatic imine (C=N–C) groups is 1. The molecule has 0 radical (unpaired) electrons. The van der Waals surface area contributed by atoms with Crippen molar-refractivity contribution in [2.45, 2.75) is 25.8 Å². The Morgan fingerprint density at radius 1 is 1.12 bits per heavy atom. The fourth-order valence-electron chi connectivity index (χ4n) is 2.45. The van der Waals surface area contributed by atoms with E-state index in [0.29, 0.717) is 12.1 Å². The lowest BCUT2D eigenvalue weighted by atomic mass is 9.84. The first-order valence-corrected chi connectivity index (χ1v) is 7.83. The van der Waals surface area contributed by atoms with E-state index >= 15 is 0 Å². The molecular formula is C18H26FIN4. The molecule has 132 valence electrons. The Morgan fingerprint density at radius 3 is 2.42 bits per heavy atom. The van der Waals surface area contributed by atoms with Gasteiger partial charge in [0.2, 0.25) is 0 Å². The van der Waals surface area contributed by atoms with Crippen molar-refractivity contribution in [1.29, 1.82) is 0 Å². The van der Waals surface area contributed by atoms with E-state index in [1.54, 1.807) is 13.1 Å². The summed E-state index contributed by atoms with van der Waals surface area (Å²) in [5, 5.41) is 6.55. The molecule has 0 bridgehead atoms. The van der Waals surface area contributed by atoms with Crippen LogP contribution in [0.2, 0.25) is 0 Å². The zero-order valence-electron chi connectivity index (χ0n) is 14.4. The molecule has 0 spiro atoms. The largest absolute Gasteiger partial charge is 0.356 e. The molecule has 0 amide bonds. The highest BCUT2D eigenvalue weighted by Gasteiger charge is 2.24. The van der Waals surface area contributed by atoms with Gasteiger partial charge in [-0.05, 0) is 23.8 Å². The van der Waals surface area contributed by atoms with Gasteiger partial charge in [0, 0.05) is 44.5 Å². The summed E-state index contributed by atoms with van der Waals surface area (Å²) in [6.45, 7) is 6.27. The van der Waals surface area contributed by atoms with E-state index in [2.05, 4.69) is 20.2 Å². The molecule has 24 heavy (non-hydrogen) atoms. The fraction of sp³-hybridized carbons (Fsp3) is 0.389. The first kappa shape index (κ1) is 20.5. The molecule has 2 aromatic rings. The van der Waals surface area contributed by atoms with Crippen LogP contribution >= 0.6 is 24.0 Å². The van der Waals surface area contributed by atoms with E-state index in [4.69, 9.17) is 0 Å². The van der Waals surface area contributed by atoms with Crippen molar-refractivity contribution in [3.05, 3.63) is 60.2 Å². The first-order chi connectivity index (χ1) is 11.0. The van der Waals surface area contributed by atoms with Crippen molar-refractivity contribution in [2.75, 3.05) is 20.1 Å². The zero-order valence-corrected chi connectivity index (χ0v) is 16.8. The number of guanidine groups is 1. The molecule has 0 aliphatic heterocycles. The van der Waals surface area contributed by atoms with Crippen LogP contribution < -0.4 is 10.6 Å². The monoisotopic (exact) mass is 444 g/mol. The van der Waals surface area contributed by atoms with Crippen molar-refractivity contribution < 1.29 is 4.39 Å². The molecule has 0 saturated heterocycles. The minimum atomic E-state index is -0.330. The molecule has 0 unspecified atom stereocenters. The van der Waals surface area contributed by atoms with Gasteiger partial charge in [0.05, 0.1) is 0 Å². The summed E-state index contributed by atoms with van der Waals surface area (Å²) in [5.74, 6) is 0.552. The average Bonchev–Trinajstić information content (AvgIpc) is 3.04. The summed E-state index contributed by atoms with van der Waals surface area (Å²) in [5.41, 5.74) is 0.374. The average molecular weight is 444 g/mol. The highest BCUT2D eigenvalue weighted by Crippen LogP contribution is 2.24. The number of nitrogens with zero attached hydrogens (tertiary/aromatic N) is 2. The molecule has 0 atom stereocenters. The molecule has 1 aromatic heterocycles. The highest BCUT2D eigenvalue weighted by atomic mass is 127. The van der Waals surface area contributed by atoms with Crippen LogP contribution in [0.4, 0.5) is 4.39 Å². The third kappa shape index (κ3) is 5.81. The summed E-state index contributed by atoms with van der Waals surface area (Å²) in [7, 11) is 1.74. The molecule has 6 heteroatoms. The Bertz CT molecular complexity index is 638. The molecular weight excluding hydrogens is 418 g/mol. The number of hydrogen-bond donors (Lipinski definition) is 2. The van der Waals surface area contributed by atoms with Crippen LogP contribution in [0, 0.1) is 5.82 Å². The third-order valence-corrected chi connectivity index (χ3v) is 3.85. The molecule has 4 nitrogen and oxygen atoms in total. The van der Waals surface area contributed by atoms with Gasteiger partial charge in [0.1, 0.15) is 5.82 Å². The summed E-state index contributed by atoms with van der Waals surface area (Å²) < 4.78 is 16.1. The maximum absolute atomic E-state index is 14.0. The molecule has 1 aromatic carbocycles. The highest BCUT2D eigenvalue weighted by molar-refractivity contribution is 14.0.